The number of benzene rings is 2. The van der Waals surface area contributed by atoms with Crippen LogP contribution in [0, 0.1) is 13.8 Å². The summed E-state index contributed by atoms with van der Waals surface area (Å²) in [6, 6.07) is 16.2. The largest absolute Gasteiger partial charge is 0.336 e. The summed E-state index contributed by atoms with van der Waals surface area (Å²) in [7, 11) is 0. The van der Waals surface area contributed by atoms with Crippen molar-refractivity contribution >= 4 is 18.3 Å². The Balaban J connectivity index is 0.00000192. The zero-order valence-corrected chi connectivity index (χ0v) is 14.3. The number of hydrogen-bond donors (Lipinski definition) is 1. The van der Waals surface area contributed by atoms with E-state index in [0.717, 1.165) is 11.1 Å². The van der Waals surface area contributed by atoms with Gasteiger partial charge in [0.25, 0.3) is 5.91 Å². The number of carbonyl (C=O) groups is 1. The first kappa shape index (κ1) is 17.5. The topological polar surface area (TPSA) is 46.3 Å². The molecule has 4 heteroatoms. The standard InChI is InChI=1S/C19H22N2O.ClH/c1-13-8-9-16(14(2)10-13)19(22)21-11-17(18(20)12-21)15-6-4-3-5-7-15;/h3-10,17-18H,11-12,20H2,1-2H3;1H/t17-,18+;/m0./s1. The second-order valence-corrected chi connectivity index (χ2v) is 6.21. The van der Waals surface area contributed by atoms with Crippen LogP contribution in [0.25, 0.3) is 0 Å². The lowest BCUT2D eigenvalue weighted by Gasteiger charge is -2.18. The van der Waals surface area contributed by atoms with Crippen LogP contribution in [0.3, 0.4) is 0 Å². The maximum atomic E-state index is 12.8. The Morgan fingerprint density at radius 3 is 2.43 bits per heavy atom. The number of hydrogen-bond acceptors (Lipinski definition) is 2. The van der Waals surface area contributed by atoms with Crippen molar-refractivity contribution in [3.63, 3.8) is 0 Å². The molecule has 1 amide bonds. The van der Waals surface area contributed by atoms with Gasteiger partial charge in [-0.3, -0.25) is 4.79 Å². The van der Waals surface area contributed by atoms with Gasteiger partial charge in [-0.2, -0.15) is 0 Å². The van der Waals surface area contributed by atoms with Crippen LogP contribution in [-0.2, 0) is 0 Å². The normalized spacial score (nSPS) is 20.2. The van der Waals surface area contributed by atoms with Crippen LogP contribution < -0.4 is 5.73 Å². The number of halogens is 1. The Bertz CT molecular complexity index is 687. The molecule has 122 valence electrons. The van der Waals surface area contributed by atoms with Crippen molar-refractivity contribution in [1.29, 1.82) is 0 Å². The molecule has 1 heterocycles. The number of nitrogens with zero attached hydrogens (tertiary/aromatic N) is 1. The zero-order valence-electron chi connectivity index (χ0n) is 13.5. The highest BCUT2D eigenvalue weighted by molar-refractivity contribution is 5.96. The summed E-state index contributed by atoms with van der Waals surface area (Å²) < 4.78 is 0. The first-order valence-electron chi connectivity index (χ1n) is 7.73. The van der Waals surface area contributed by atoms with Crippen LogP contribution in [0.4, 0.5) is 0 Å². The van der Waals surface area contributed by atoms with Gasteiger partial charge in [0.2, 0.25) is 0 Å². The molecular weight excluding hydrogens is 308 g/mol. The molecule has 0 aromatic heterocycles. The van der Waals surface area contributed by atoms with E-state index in [0.29, 0.717) is 13.1 Å². The summed E-state index contributed by atoms with van der Waals surface area (Å²) in [5, 5.41) is 0. The molecule has 2 aromatic rings. The van der Waals surface area contributed by atoms with Crippen LogP contribution in [-0.4, -0.2) is 29.9 Å². The van der Waals surface area contributed by atoms with Crippen LogP contribution >= 0.6 is 12.4 Å². The van der Waals surface area contributed by atoms with Crippen molar-refractivity contribution in [2.45, 2.75) is 25.8 Å². The van der Waals surface area contributed by atoms with Crippen LogP contribution in [0.1, 0.15) is 33.0 Å². The molecule has 0 spiro atoms. The van der Waals surface area contributed by atoms with Gasteiger partial charge in [0.15, 0.2) is 0 Å². The van der Waals surface area contributed by atoms with E-state index in [-0.39, 0.29) is 30.3 Å². The predicted molar refractivity (Wildman–Crippen MR) is 96.2 cm³/mol. The van der Waals surface area contributed by atoms with Gasteiger partial charge >= 0.3 is 0 Å². The quantitative estimate of drug-likeness (QED) is 0.918. The molecule has 0 unspecified atom stereocenters. The van der Waals surface area contributed by atoms with Gasteiger partial charge in [0, 0.05) is 30.6 Å². The highest BCUT2D eigenvalue weighted by atomic mass is 35.5. The van der Waals surface area contributed by atoms with Crippen LogP contribution in [0.5, 0.6) is 0 Å². The number of rotatable bonds is 2. The van der Waals surface area contributed by atoms with Crippen molar-refractivity contribution in [3.8, 4) is 0 Å². The number of carbonyl (C=O) groups excluding carboxylic acids is 1. The molecule has 1 fully saturated rings. The van der Waals surface area contributed by atoms with Crippen LogP contribution in [0.2, 0.25) is 0 Å². The lowest BCUT2D eigenvalue weighted by Crippen LogP contribution is -2.32. The Morgan fingerprint density at radius 2 is 1.78 bits per heavy atom. The predicted octanol–water partition coefficient (Wildman–Crippen LogP) is 3.29. The smallest absolute Gasteiger partial charge is 0.254 e. The number of aryl methyl sites for hydroxylation is 2. The number of amides is 1. The summed E-state index contributed by atoms with van der Waals surface area (Å²) in [5.41, 5.74) is 10.5. The molecule has 1 saturated heterocycles. The fraction of sp³-hybridized carbons (Fsp3) is 0.316. The van der Waals surface area contributed by atoms with E-state index in [1.54, 1.807) is 0 Å². The highest BCUT2D eigenvalue weighted by Gasteiger charge is 2.34. The molecule has 2 N–H and O–H groups in total. The Morgan fingerprint density at radius 1 is 1.09 bits per heavy atom. The van der Waals surface area contributed by atoms with Gasteiger partial charge in [-0.25, -0.2) is 0 Å². The fourth-order valence-electron chi connectivity index (χ4n) is 3.27. The summed E-state index contributed by atoms with van der Waals surface area (Å²) >= 11 is 0. The molecule has 1 aliphatic rings. The van der Waals surface area contributed by atoms with E-state index in [1.807, 2.05) is 49.1 Å². The third kappa shape index (κ3) is 3.57. The third-order valence-electron chi connectivity index (χ3n) is 4.49. The summed E-state index contributed by atoms with van der Waals surface area (Å²) in [6.07, 6.45) is 0. The molecule has 0 aliphatic carbocycles. The van der Waals surface area contributed by atoms with Crippen molar-refractivity contribution < 1.29 is 4.79 Å². The Kier molecular flexibility index (Phi) is 5.45. The second kappa shape index (κ2) is 7.16. The minimum Gasteiger partial charge on any atom is -0.336 e. The minimum absolute atomic E-state index is 0. The SMILES string of the molecule is Cc1ccc(C(=O)N2C[C@@H](N)[C@H](c3ccccc3)C2)c(C)c1.Cl. The van der Waals surface area contributed by atoms with Gasteiger partial charge in [-0.1, -0.05) is 48.0 Å². The van der Waals surface area contributed by atoms with E-state index in [4.69, 9.17) is 5.73 Å². The average molecular weight is 331 g/mol. The Labute approximate surface area is 143 Å². The molecule has 3 nitrogen and oxygen atoms in total. The highest BCUT2D eigenvalue weighted by Crippen LogP contribution is 2.28. The van der Waals surface area contributed by atoms with Crippen LogP contribution in [0.15, 0.2) is 48.5 Å². The van der Waals surface area contributed by atoms with E-state index in [9.17, 15) is 4.79 Å². The maximum Gasteiger partial charge on any atom is 0.254 e. The first-order valence-corrected chi connectivity index (χ1v) is 7.73. The van der Waals surface area contributed by atoms with Gasteiger partial charge in [0.05, 0.1) is 0 Å². The number of nitrogens with two attached hydrogens (primary N) is 1. The monoisotopic (exact) mass is 330 g/mol. The lowest BCUT2D eigenvalue weighted by molar-refractivity contribution is 0.0788. The van der Waals surface area contributed by atoms with E-state index >= 15 is 0 Å². The minimum atomic E-state index is -0.00268. The van der Waals surface area contributed by atoms with Gasteiger partial charge in [0.1, 0.15) is 0 Å². The van der Waals surface area contributed by atoms with Gasteiger partial charge < -0.3 is 10.6 Å². The zero-order chi connectivity index (χ0) is 15.7. The molecule has 0 bridgehead atoms. The molecule has 1 aliphatic heterocycles. The Hall–Kier alpha value is -1.84. The molecule has 2 aromatic carbocycles. The number of likely N-dealkylation sites (tertiary alicyclic amines) is 1. The molecule has 2 atom stereocenters. The molecule has 3 rings (SSSR count). The molecular formula is C19H23ClN2O. The first-order chi connectivity index (χ1) is 10.6. The van der Waals surface area contributed by atoms with Gasteiger partial charge in [-0.05, 0) is 31.0 Å². The molecule has 0 saturated carbocycles. The van der Waals surface area contributed by atoms with Crippen molar-refractivity contribution in [1.82, 2.24) is 4.90 Å². The summed E-state index contributed by atoms with van der Waals surface area (Å²) in [6.45, 7) is 5.34. The van der Waals surface area contributed by atoms with E-state index in [2.05, 4.69) is 18.2 Å². The molecule has 23 heavy (non-hydrogen) atoms. The molecule has 0 radical (unpaired) electrons. The fourth-order valence-corrected chi connectivity index (χ4v) is 3.27. The lowest BCUT2D eigenvalue weighted by atomic mass is 9.95. The van der Waals surface area contributed by atoms with Crippen molar-refractivity contribution in [2.24, 2.45) is 5.73 Å². The average Bonchev–Trinajstić information content (AvgIpc) is 2.89. The summed E-state index contributed by atoms with van der Waals surface area (Å²) in [4.78, 5) is 14.7. The maximum absolute atomic E-state index is 12.8. The van der Waals surface area contributed by atoms with E-state index < -0.39 is 0 Å². The van der Waals surface area contributed by atoms with E-state index in [1.165, 1.54) is 11.1 Å². The third-order valence-corrected chi connectivity index (χ3v) is 4.49. The van der Waals surface area contributed by atoms with Gasteiger partial charge in [-0.15, -0.1) is 12.4 Å². The summed E-state index contributed by atoms with van der Waals surface area (Å²) in [5.74, 6) is 0.308. The second-order valence-electron chi connectivity index (χ2n) is 6.21. The van der Waals surface area contributed by atoms with Crippen molar-refractivity contribution in [2.75, 3.05) is 13.1 Å². The van der Waals surface area contributed by atoms with Crippen molar-refractivity contribution in [3.05, 3.63) is 70.8 Å².